The number of fused-ring (bicyclic) bond motifs is 2. The number of para-hydroxylation sites is 1. The minimum Gasteiger partial charge on any atom is -0.350 e. The molecule has 1 aliphatic rings. The van der Waals surface area contributed by atoms with E-state index in [1.807, 2.05) is 54.7 Å². The Bertz CT molecular complexity index is 1140. The molecular weight excluding hydrogens is 336 g/mol. The average Bonchev–Trinajstić information content (AvgIpc) is 3.38. The molecule has 0 atom stereocenters. The Morgan fingerprint density at radius 3 is 2.85 bits per heavy atom. The van der Waals surface area contributed by atoms with Crippen LogP contribution >= 0.6 is 0 Å². The third-order valence-corrected chi connectivity index (χ3v) is 5.46. The van der Waals surface area contributed by atoms with E-state index in [1.54, 1.807) is 0 Å². The highest BCUT2D eigenvalue weighted by atomic mass is 16.2. The predicted molar refractivity (Wildman–Crippen MR) is 105 cm³/mol. The fourth-order valence-electron chi connectivity index (χ4n) is 3.91. The molecule has 3 heterocycles. The summed E-state index contributed by atoms with van der Waals surface area (Å²) in [6, 6.07) is 14.6. The van der Waals surface area contributed by atoms with E-state index in [1.165, 1.54) is 10.9 Å². The van der Waals surface area contributed by atoms with E-state index >= 15 is 0 Å². The van der Waals surface area contributed by atoms with E-state index in [4.69, 9.17) is 0 Å². The monoisotopic (exact) mass is 358 g/mol. The lowest BCUT2D eigenvalue weighted by atomic mass is 10.1. The van der Waals surface area contributed by atoms with Crippen LogP contribution in [0.3, 0.4) is 0 Å². The van der Waals surface area contributed by atoms with Crippen LogP contribution in [0, 0.1) is 0 Å². The van der Waals surface area contributed by atoms with E-state index in [0.29, 0.717) is 19.0 Å². The van der Waals surface area contributed by atoms with Gasteiger partial charge in [-0.25, -0.2) is 4.98 Å². The third kappa shape index (κ3) is 2.89. The molecule has 4 aromatic rings. The van der Waals surface area contributed by atoms with Crippen LogP contribution in [0.2, 0.25) is 0 Å². The fraction of sp³-hybridized carbons (Fsp3) is 0.273. The summed E-state index contributed by atoms with van der Waals surface area (Å²) in [5.41, 5.74) is 4.25. The van der Waals surface area contributed by atoms with Gasteiger partial charge in [-0.1, -0.05) is 24.3 Å². The molecule has 5 heteroatoms. The first-order valence-corrected chi connectivity index (χ1v) is 9.44. The minimum absolute atomic E-state index is 0.194. The smallest absolute Gasteiger partial charge is 0.227 e. The molecule has 5 nitrogen and oxygen atoms in total. The Hall–Kier alpha value is -3.08. The average molecular weight is 358 g/mol. The molecule has 0 aliphatic heterocycles. The van der Waals surface area contributed by atoms with Crippen LogP contribution in [0.25, 0.3) is 16.6 Å². The maximum Gasteiger partial charge on any atom is 0.227 e. The number of benzene rings is 1. The van der Waals surface area contributed by atoms with Gasteiger partial charge in [0.2, 0.25) is 5.91 Å². The summed E-state index contributed by atoms with van der Waals surface area (Å²) in [5.74, 6) is 0.194. The molecule has 27 heavy (non-hydrogen) atoms. The maximum absolute atomic E-state index is 13.2. The summed E-state index contributed by atoms with van der Waals surface area (Å²) in [7, 11) is 2.04. The highest BCUT2D eigenvalue weighted by Crippen LogP contribution is 2.30. The largest absolute Gasteiger partial charge is 0.350 e. The van der Waals surface area contributed by atoms with Gasteiger partial charge in [-0.15, -0.1) is 0 Å². The van der Waals surface area contributed by atoms with Crippen LogP contribution in [-0.4, -0.2) is 30.8 Å². The molecule has 5 rings (SSSR count). The lowest BCUT2D eigenvalue weighted by molar-refractivity contribution is -0.131. The number of imidazole rings is 1. The second kappa shape index (κ2) is 6.27. The first-order valence-electron chi connectivity index (χ1n) is 9.44. The normalized spacial score (nSPS) is 14.1. The molecule has 0 saturated heterocycles. The fourth-order valence-corrected chi connectivity index (χ4v) is 3.91. The summed E-state index contributed by atoms with van der Waals surface area (Å²) in [5, 5.41) is 1.17. The second-order valence-electron chi connectivity index (χ2n) is 7.39. The van der Waals surface area contributed by atoms with Gasteiger partial charge in [-0.3, -0.25) is 4.79 Å². The van der Waals surface area contributed by atoms with Crippen LogP contribution < -0.4 is 0 Å². The number of aryl methyl sites for hydroxylation is 1. The number of rotatable bonds is 5. The zero-order valence-electron chi connectivity index (χ0n) is 15.4. The lowest BCUT2D eigenvalue weighted by Gasteiger charge is -2.22. The molecule has 1 aliphatic carbocycles. The topological polar surface area (TPSA) is 42.5 Å². The molecule has 0 N–H and O–H groups in total. The van der Waals surface area contributed by atoms with Gasteiger partial charge in [0.05, 0.1) is 24.9 Å². The molecular formula is C22H22N4O. The summed E-state index contributed by atoms with van der Waals surface area (Å²) in [6.45, 7) is 0.611. The van der Waals surface area contributed by atoms with Crippen molar-refractivity contribution >= 4 is 22.5 Å². The van der Waals surface area contributed by atoms with E-state index in [2.05, 4.69) is 32.3 Å². The van der Waals surface area contributed by atoms with Crippen molar-refractivity contribution in [3.8, 4) is 0 Å². The molecule has 1 fully saturated rings. The van der Waals surface area contributed by atoms with E-state index < -0.39 is 0 Å². The van der Waals surface area contributed by atoms with Crippen molar-refractivity contribution in [3.05, 3.63) is 72.3 Å². The van der Waals surface area contributed by atoms with Crippen molar-refractivity contribution < 1.29 is 4.79 Å². The Morgan fingerprint density at radius 1 is 1.19 bits per heavy atom. The van der Waals surface area contributed by atoms with Gasteiger partial charge in [0.15, 0.2) is 0 Å². The summed E-state index contributed by atoms with van der Waals surface area (Å²) < 4.78 is 4.17. The van der Waals surface area contributed by atoms with Crippen LogP contribution in [0.5, 0.6) is 0 Å². The maximum atomic E-state index is 13.2. The van der Waals surface area contributed by atoms with Crippen molar-refractivity contribution in [2.45, 2.75) is 31.8 Å². The van der Waals surface area contributed by atoms with Gasteiger partial charge in [-0.2, -0.15) is 0 Å². The van der Waals surface area contributed by atoms with Crippen molar-refractivity contribution in [2.24, 2.45) is 7.05 Å². The minimum atomic E-state index is 0.194. The molecule has 3 aromatic heterocycles. The standard InChI is InChI=1S/C22H22N4O/c1-24-14-16(19-6-2-3-7-20(19)24)12-22(27)26(17-9-10-17)15-18-13-23-21-8-4-5-11-25(18)21/h2-8,11,13-14,17H,9-10,12,15H2,1H3. The molecule has 136 valence electrons. The number of aromatic nitrogens is 3. The van der Waals surface area contributed by atoms with Gasteiger partial charge >= 0.3 is 0 Å². The van der Waals surface area contributed by atoms with Gasteiger partial charge in [0.25, 0.3) is 0 Å². The van der Waals surface area contributed by atoms with E-state index in [0.717, 1.165) is 29.7 Å². The van der Waals surface area contributed by atoms with Crippen LogP contribution in [0.1, 0.15) is 24.1 Å². The van der Waals surface area contributed by atoms with Gasteiger partial charge in [0, 0.05) is 36.4 Å². The summed E-state index contributed by atoms with van der Waals surface area (Å²) in [6.07, 6.45) is 8.61. The van der Waals surface area contributed by atoms with Gasteiger partial charge in [0.1, 0.15) is 5.65 Å². The molecule has 1 saturated carbocycles. The highest BCUT2D eigenvalue weighted by molar-refractivity contribution is 5.89. The summed E-state index contributed by atoms with van der Waals surface area (Å²) in [4.78, 5) is 19.7. The Balaban J connectivity index is 1.42. The van der Waals surface area contributed by atoms with E-state index in [-0.39, 0.29) is 5.91 Å². The van der Waals surface area contributed by atoms with Crippen molar-refractivity contribution in [1.82, 2.24) is 18.9 Å². The number of pyridine rings is 1. The van der Waals surface area contributed by atoms with E-state index in [9.17, 15) is 4.79 Å². The van der Waals surface area contributed by atoms with Crippen molar-refractivity contribution in [3.63, 3.8) is 0 Å². The molecule has 0 radical (unpaired) electrons. The number of nitrogens with zero attached hydrogens (tertiary/aromatic N) is 4. The first-order chi connectivity index (χ1) is 13.2. The molecule has 1 aromatic carbocycles. The summed E-state index contributed by atoms with van der Waals surface area (Å²) >= 11 is 0. The second-order valence-corrected chi connectivity index (χ2v) is 7.39. The Kier molecular flexibility index (Phi) is 3.74. The number of amides is 1. The Morgan fingerprint density at radius 2 is 2.00 bits per heavy atom. The third-order valence-electron chi connectivity index (χ3n) is 5.46. The molecule has 0 spiro atoms. The quantitative estimate of drug-likeness (QED) is 0.547. The zero-order valence-corrected chi connectivity index (χ0v) is 15.4. The van der Waals surface area contributed by atoms with Crippen molar-refractivity contribution in [1.29, 1.82) is 0 Å². The van der Waals surface area contributed by atoms with Crippen molar-refractivity contribution in [2.75, 3.05) is 0 Å². The first kappa shape index (κ1) is 16.1. The van der Waals surface area contributed by atoms with Crippen LogP contribution in [0.15, 0.2) is 61.1 Å². The highest BCUT2D eigenvalue weighted by Gasteiger charge is 2.33. The predicted octanol–water partition coefficient (Wildman–Crippen LogP) is 3.56. The Labute approximate surface area is 157 Å². The number of carbonyl (C=O) groups is 1. The molecule has 0 unspecified atom stereocenters. The van der Waals surface area contributed by atoms with Crippen LogP contribution in [0.4, 0.5) is 0 Å². The zero-order chi connectivity index (χ0) is 18.4. The van der Waals surface area contributed by atoms with Gasteiger partial charge in [-0.05, 0) is 36.6 Å². The lowest BCUT2D eigenvalue weighted by Crippen LogP contribution is -2.34. The number of hydrogen-bond donors (Lipinski definition) is 0. The molecule has 0 bridgehead atoms. The number of carbonyl (C=O) groups excluding carboxylic acids is 1. The van der Waals surface area contributed by atoms with Crippen LogP contribution in [-0.2, 0) is 24.8 Å². The molecule has 1 amide bonds. The SMILES string of the molecule is Cn1cc(CC(=O)N(Cc2cnc3ccccn23)C2CC2)c2ccccc21. The van der Waals surface area contributed by atoms with Gasteiger partial charge < -0.3 is 13.9 Å². The number of hydrogen-bond acceptors (Lipinski definition) is 2.